The number of halogens is 1. The van der Waals surface area contributed by atoms with Crippen molar-refractivity contribution >= 4 is 27.4 Å². The second-order valence-corrected chi connectivity index (χ2v) is 3.20. The Morgan fingerprint density at radius 2 is 2.18 bits per heavy atom. The summed E-state index contributed by atoms with van der Waals surface area (Å²) in [7, 11) is 0. The van der Waals surface area contributed by atoms with Crippen molar-refractivity contribution in [1.82, 2.24) is 0 Å². The number of nitrogens with two attached hydrogens (primary N) is 1. The minimum atomic E-state index is -0.00463. The summed E-state index contributed by atoms with van der Waals surface area (Å²) in [6.45, 7) is 1.50. The Kier molecular flexibility index (Phi) is 2.29. The van der Waals surface area contributed by atoms with Crippen molar-refractivity contribution in [3.63, 3.8) is 0 Å². The summed E-state index contributed by atoms with van der Waals surface area (Å²) in [5.74, 6) is -0.00463. The molecule has 58 valence electrons. The van der Waals surface area contributed by atoms with Gasteiger partial charge in [-0.1, -0.05) is 15.9 Å². The molecule has 0 saturated carbocycles. The molecule has 0 spiro atoms. The lowest BCUT2D eigenvalue weighted by atomic mass is 10.1. The van der Waals surface area contributed by atoms with Gasteiger partial charge in [0.05, 0.1) is 0 Å². The van der Waals surface area contributed by atoms with Gasteiger partial charge in [-0.2, -0.15) is 0 Å². The first-order valence-corrected chi connectivity index (χ1v) is 3.96. The summed E-state index contributed by atoms with van der Waals surface area (Å²) < 4.78 is 0.889. The molecule has 0 heterocycles. The van der Waals surface area contributed by atoms with Crippen LogP contribution in [0, 0.1) is 0 Å². The summed E-state index contributed by atoms with van der Waals surface area (Å²) in [5.41, 5.74) is 6.67. The van der Waals surface area contributed by atoms with Crippen molar-refractivity contribution in [1.29, 1.82) is 0 Å². The average Bonchev–Trinajstić information content (AvgIpc) is 1.85. The number of hydrogen-bond acceptors (Lipinski definition) is 2. The molecule has 0 aliphatic carbocycles. The molecule has 0 saturated heterocycles. The molecule has 0 unspecified atom stereocenters. The molecule has 2 N–H and O–H groups in total. The zero-order chi connectivity index (χ0) is 8.43. The van der Waals surface area contributed by atoms with Crippen LogP contribution in [0.15, 0.2) is 22.7 Å². The number of rotatable bonds is 1. The minimum Gasteiger partial charge on any atom is -0.398 e. The number of hydrogen-bond donors (Lipinski definition) is 1. The Morgan fingerprint density at radius 3 is 2.64 bits per heavy atom. The molecule has 0 amide bonds. The SMILES string of the molecule is CC(=O)c1ccc(Br)cc1N. The third kappa shape index (κ3) is 1.80. The second kappa shape index (κ2) is 3.05. The molecule has 1 aromatic carbocycles. The van der Waals surface area contributed by atoms with Crippen molar-refractivity contribution in [3.05, 3.63) is 28.2 Å². The zero-order valence-electron chi connectivity index (χ0n) is 6.10. The third-order valence-corrected chi connectivity index (χ3v) is 1.89. The van der Waals surface area contributed by atoms with E-state index in [1.54, 1.807) is 18.2 Å². The van der Waals surface area contributed by atoms with E-state index in [-0.39, 0.29) is 5.78 Å². The fourth-order valence-electron chi connectivity index (χ4n) is 0.854. The monoisotopic (exact) mass is 213 g/mol. The quantitative estimate of drug-likeness (QED) is 0.575. The highest BCUT2D eigenvalue weighted by atomic mass is 79.9. The summed E-state index contributed by atoms with van der Waals surface area (Å²) in [4.78, 5) is 10.9. The van der Waals surface area contributed by atoms with E-state index in [4.69, 9.17) is 5.73 Å². The van der Waals surface area contributed by atoms with Gasteiger partial charge in [0.15, 0.2) is 5.78 Å². The van der Waals surface area contributed by atoms with Gasteiger partial charge < -0.3 is 5.73 Å². The molecule has 1 rings (SSSR count). The zero-order valence-corrected chi connectivity index (χ0v) is 7.68. The molecule has 0 fully saturated rings. The number of nitrogen functional groups attached to an aromatic ring is 1. The lowest BCUT2D eigenvalue weighted by molar-refractivity contribution is 0.101. The maximum Gasteiger partial charge on any atom is 0.161 e. The largest absolute Gasteiger partial charge is 0.398 e. The normalized spacial score (nSPS) is 9.64. The van der Waals surface area contributed by atoms with Gasteiger partial charge in [0.2, 0.25) is 0 Å². The lowest BCUT2D eigenvalue weighted by Gasteiger charge is -2.00. The fourth-order valence-corrected chi connectivity index (χ4v) is 1.23. The molecule has 2 nitrogen and oxygen atoms in total. The van der Waals surface area contributed by atoms with E-state index in [1.807, 2.05) is 0 Å². The third-order valence-electron chi connectivity index (χ3n) is 1.39. The van der Waals surface area contributed by atoms with Crippen molar-refractivity contribution in [2.75, 3.05) is 5.73 Å². The Bertz CT molecular complexity index is 296. The van der Waals surface area contributed by atoms with E-state index in [1.165, 1.54) is 6.92 Å². The molecule has 3 heteroatoms. The van der Waals surface area contributed by atoms with E-state index < -0.39 is 0 Å². The molecular weight excluding hydrogens is 206 g/mol. The van der Waals surface area contributed by atoms with E-state index in [0.717, 1.165) is 4.47 Å². The number of anilines is 1. The van der Waals surface area contributed by atoms with Gasteiger partial charge in [0.25, 0.3) is 0 Å². The van der Waals surface area contributed by atoms with Crippen LogP contribution >= 0.6 is 15.9 Å². The van der Waals surface area contributed by atoms with Gasteiger partial charge in [-0.15, -0.1) is 0 Å². The van der Waals surface area contributed by atoms with Gasteiger partial charge in [0, 0.05) is 15.7 Å². The Balaban J connectivity index is 3.20. The van der Waals surface area contributed by atoms with E-state index in [9.17, 15) is 4.79 Å². The van der Waals surface area contributed by atoms with E-state index >= 15 is 0 Å². The molecular formula is C8H8BrNO. The highest BCUT2D eigenvalue weighted by Crippen LogP contribution is 2.18. The number of ketones is 1. The van der Waals surface area contributed by atoms with Crippen LogP contribution in [0.1, 0.15) is 17.3 Å². The molecule has 0 aromatic heterocycles. The van der Waals surface area contributed by atoms with E-state index in [2.05, 4.69) is 15.9 Å². The van der Waals surface area contributed by atoms with Crippen LogP contribution in [0.5, 0.6) is 0 Å². The fraction of sp³-hybridized carbons (Fsp3) is 0.125. The first-order chi connectivity index (χ1) is 5.11. The average molecular weight is 214 g/mol. The second-order valence-electron chi connectivity index (χ2n) is 2.29. The van der Waals surface area contributed by atoms with Crippen LogP contribution in [0.3, 0.4) is 0 Å². The molecule has 0 atom stereocenters. The van der Waals surface area contributed by atoms with Crippen molar-refractivity contribution in [3.8, 4) is 0 Å². The summed E-state index contributed by atoms with van der Waals surface area (Å²) in [5, 5.41) is 0. The van der Waals surface area contributed by atoms with Gasteiger partial charge in [0.1, 0.15) is 0 Å². The topological polar surface area (TPSA) is 43.1 Å². The Morgan fingerprint density at radius 1 is 1.55 bits per heavy atom. The molecule has 11 heavy (non-hydrogen) atoms. The molecule has 0 aliphatic heterocycles. The van der Waals surface area contributed by atoms with Gasteiger partial charge in [-0.3, -0.25) is 4.79 Å². The highest BCUT2D eigenvalue weighted by Gasteiger charge is 2.03. The van der Waals surface area contributed by atoms with Crippen LogP contribution in [0.25, 0.3) is 0 Å². The van der Waals surface area contributed by atoms with Gasteiger partial charge in [-0.25, -0.2) is 0 Å². The maximum absolute atomic E-state index is 10.9. The van der Waals surface area contributed by atoms with Crippen molar-refractivity contribution < 1.29 is 4.79 Å². The number of carbonyl (C=O) groups is 1. The standard InChI is InChI=1S/C8H8BrNO/c1-5(11)7-3-2-6(9)4-8(7)10/h2-4H,10H2,1H3. The van der Waals surface area contributed by atoms with Crippen LogP contribution in [0.4, 0.5) is 5.69 Å². The first-order valence-electron chi connectivity index (χ1n) is 3.17. The molecule has 0 radical (unpaired) electrons. The summed E-state index contributed by atoms with van der Waals surface area (Å²) in [6.07, 6.45) is 0. The van der Waals surface area contributed by atoms with Crippen LogP contribution in [-0.2, 0) is 0 Å². The van der Waals surface area contributed by atoms with Gasteiger partial charge >= 0.3 is 0 Å². The Labute approximate surface area is 73.5 Å². The molecule has 0 aliphatic rings. The predicted molar refractivity (Wildman–Crippen MR) is 48.6 cm³/mol. The predicted octanol–water partition coefficient (Wildman–Crippen LogP) is 2.23. The number of carbonyl (C=O) groups excluding carboxylic acids is 1. The van der Waals surface area contributed by atoms with Crippen LogP contribution in [0.2, 0.25) is 0 Å². The lowest BCUT2D eigenvalue weighted by Crippen LogP contribution is -1.98. The first kappa shape index (κ1) is 8.27. The van der Waals surface area contributed by atoms with Crippen LogP contribution < -0.4 is 5.73 Å². The van der Waals surface area contributed by atoms with Crippen LogP contribution in [-0.4, -0.2) is 5.78 Å². The summed E-state index contributed by atoms with van der Waals surface area (Å²) in [6, 6.07) is 5.23. The minimum absolute atomic E-state index is 0.00463. The van der Waals surface area contributed by atoms with Gasteiger partial charge in [-0.05, 0) is 25.1 Å². The number of benzene rings is 1. The number of Topliss-reactive ketones (excluding diaryl/α,β-unsaturated/α-hetero) is 1. The Hall–Kier alpha value is -0.830. The smallest absolute Gasteiger partial charge is 0.161 e. The molecule has 1 aromatic rings. The van der Waals surface area contributed by atoms with Crippen molar-refractivity contribution in [2.45, 2.75) is 6.92 Å². The van der Waals surface area contributed by atoms with E-state index in [0.29, 0.717) is 11.3 Å². The highest BCUT2D eigenvalue weighted by molar-refractivity contribution is 9.10. The van der Waals surface area contributed by atoms with Crippen molar-refractivity contribution in [2.24, 2.45) is 0 Å². The molecule has 0 bridgehead atoms. The summed E-state index contributed by atoms with van der Waals surface area (Å²) >= 11 is 3.25. The maximum atomic E-state index is 10.9.